The van der Waals surface area contributed by atoms with E-state index >= 15 is 0 Å². The van der Waals surface area contributed by atoms with E-state index < -0.39 is 11.6 Å². The summed E-state index contributed by atoms with van der Waals surface area (Å²) in [6.07, 6.45) is 5.78. The zero-order valence-electron chi connectivity index (χ0n) is 10.5. The van der Waals surface area contributed by atoms with Gasteiger partial charge in [0.1, 0.15) is 23.6 Å². The molecule has 0 amide bonds. The van der Waals surface area contributed by atoms with Gasteiger partial charge in [-0.15, -0.1) is 0 Å². The molecule has 1 saturated carbocycles. The molecule has 2 rings (SSSR count). The van der Waals surface area contributed by atoms with Gasteiger partial charge in [0.2, 0.25) is 0 Å². The van der Waals surface area contributed by atoms with Crippen molar-refractivity contribution in [3.8, 4) is 0 Å². The molecule has 0 unspecified atom stereocenters. The summed E-state index contributed by atoms with van der Waals surface area (Å²) in [7, 11) is 1.72. The zero-order chi connectivity index (χ0) is 13.1. The van der Waals surface area contributed by atoms with Gasteiger partial charge in [-0.2, -0.15) is 0 Å². The predicted molar refractivity (Wildman–Crippen MR) is 67.0 cm³/mol. The summed E-state index contributed by atoms with van der Waals surface area (Å²) in [5, 5.41) is 0. The van der Waals surface area contributed by atoms with E-state index in [1.807, 2.05) is 0 Å². The fourth-order valence-electron chi connectivity index (χ4n) is 2.64. The van der Waals surface area contributed by atoms with Crippen LogP contribution in [-0.4, -0.2) is 19.4 Å². The highest BCUT2D eigenvalue weighted by atomic mass is 19.1. The van der Waals surface area contributed by atoms with Crippen LogP contribution < -0.4 is 4.90 Å². The molecule has 1 aromatic rings. The quantitative estimate of drug-likeness (QED) is 0.768. The van der Waals surface area contributed by atoms with Crippen molar-refractivity contribution >= 4 is 12.0 Å². The molecule has 2 nitrogen and oxygen atoms in total. The summed E-state index contributed by atoms with van der Waals surface area (Å²) < 4.78 is 27.7. The molecule has 98 valence electrons. The third-order valence-corrected chi connectivity index (χ3v) is 3.65. The number of benzene rings is 1. The molecule has 1 aromatic carbocycles. The molecule has 0 heterocycles. The molecule has 4 heteroatoms. The molecule has 0 atom stereocenters. The molecule has 1 aliphatic carbocycles. The maximum absolute atomic E-state index is 13.9. The van der Waals surface area contributed by atoms with Crippen LogP contribution in [0.25, 0.3) is 0 Å². The van der Waals surface area contributed by atoms with Crippen LogP contribution in [0, 0.1) is 11.6 Å². The Hall–Kier alpha value is -1.45. The second-order valence-electron chi connectivity index (χ2n) is 4.85. The number of hydrogen-bond acceptors (Lipinski definition) is 2. The SMILES string of the molecule is CN(c1c(F)cc(C=O)cc1F)C1CCCCC1. The Labute approximate surface area is 106 Å². The van der Waals surface area contributed by atoms with Crippen molar-refractivity contribution in [1.82, 2.24) is 0 Å². The van der Waals surface area contributed by atoms with Gasteiger partial charge in [0.25, 0.3) is 0 Å². The maximum Gasteiger partial charge on any atom is 0.150 e. The van der Waals surface area contributed by atoms with Crippen LogP contribution in [0.4, 0.5) is 14.5 Å². The van der Waals surface area contributed by atoms with E-state index in [1.54, 1.807) is 11.9 Å². The van der Waals surface area contributed by atoms with Crippen LogP contribution in [0.1, 0.15) is 42.5 Å². The van der Waals surface area contributed by atoms with Gasteiger partial charge in [-0.25, -0.2) is 8.78 Å². The average molecular weight is 253 g/mol. The summed E-state index contributed by atoms with van der Waals surface area (Å²) in [5.74, 6) is -1.32. The Morgan fingerprint density at radius 3 is 2.22 bits per heavy atom. The van der Waals surface area contributed by atoms with E-state index in [4.69, 9.17) is 0 Å². The lowest BCUT2D eigenvalue weighted by atomic mass is 9.94. The van der Waals surface area contributed by atoms with Crippen LogP contribution in [0.3, 0.4) is 0 Å². The third kappa shape index (κ3) is 2.52. The highest BCUT2D eigenvalue weighted by Crippen LogP contribution is 2.30. The molecule has 0 bridgehead atoms. The Morgan fingerprint density at radius 1 is 1.17 bits per heavy atom. The van der Waals surface area contributed by atoms with Crippen LogP contribution >= 0.6 is 0 Å². The second kappa shape index (κ2) is 5.46. The van der Waals surface area contributed by atoms with E-state index in [0.717, 1.165) is 37.8 Å². The fraction of sp³-hybridized carbons (Fsp3) is 0.500. The van der Waals surface area contributed by atoms with Crippen LogP contribution in [0.5, 0.6) is 0 Å². The van der Waals surface area contributed by atoms with Crippen molar-refractivity contribution < 1.29 is 13.6 Å². The van der Waals surface area contributed by atoms with Crippen LogP contribution in [0.15, 0.2) is 12.1 Å². The lowest BCUT2D eigenvalue weighted by Crippen LogP contribution is -2.34. The number of carbonyl (C=O) groups is 1. The minimum atomic E-state index is -0.662. The number of anilines is 1. The number of rotatable bonds is 3. The largest absolute Gasteiger partial charge is 0.367 e. The van der Waals surface area contributed by atoms with Crippen LogP contribution in [0.2, 0.25) is 0 Å². The first-order valence-corrected chi connectivity index (χ1v) is 6.30. The summed E-state index contributed by atoms with van der Waals surface area (Å²) >= 11 is 0. The highest BCUT2D eigenvalue weighted by Gasteiger charge is 2.23. The maximum atomic E-state index is 13.9. The van der Waals surface area contributed by atoms with Gasteiger partial charge in [0, 0.05) is 18.7 Å². The van der Waals surface area contributed by atoms with E-state index in [-0.39, 0.29) is 17.3 Å². The minimum Gasteiger partial charge on any atom is -0.367 e. The molecular formula is C14H17F2NO. The molecule has 18 heavy (non-hydrogen) atoms. The van der Waals surface area contributed by atoms with Crippen molar-refractivity contribution in [1.29, 1.82) is 0 Å². The molecule has 0 aliphatic heterocycles. The van der Waals surface area contributed by atoms with Crippen LogP contribution in [-0.2, 0) is 0 Å². The molecule has 1 fully saturated rings. The van der Waals surface area contributed by atoms with Gasteiger partial charge in [-0.1, -0.05) is 19.3 Å². The highest BCUT2D eigenvalue weighted by molar-refractivity contribution is 5.76. The smallest absolute Gasteiger partial charge is 0.150 e. The van der Waals surface area contributed by atoms with Gasteiger partial charge < -0.3 is 4.90 Å². The summed E-state index contributed by atoms with van der Waals surface area (Å²) in [6, 6.07) is 2.36. The van der Waals surface area contributed by atoms with Gasteiger partial charge in [-0.05, 0) is 25.0 Å². The lowest BCUT2D eigenvalue weighted by Gasteiger charge is -2.33. The fourth-order valence-corrected chi connectivity index (χ4v) is 2.64. The van der Waals surface area contributed by atoms with Gasteiger partial charge >= 0.3 is 0 Å². The molecule has 0 saturated heterocycles. The van der Waals surface area contributed by atoms with Gasteiger partial charge in [-0.3, -0.25) is 4.79 Å². The third-order valence-electron chi connectivity index (χ3n) is 3.65. The monoisotopic (exact) mass is 253 g/mol. The Morgan fingerprint density at radius 2 is 1.72 bits per heavy atom. The van der Waals surface area contributed by atoms with Crippen molar-refractivity contribution in [2.75, 3.05) is 11.9 Å². The first-order chi connectivity index (χ1) is 8.63. The van der Waals surface area contributed by atoms with Crippen molar-refractivity contribution in [3.63, 3.8) is 0 Å². The normalized spacial score (nSPS) is 16.6. The minimum absolute atomic E-state index is 0.0208. The van der Waals surface area contributed by atoms with E-state index in [1.165, 1.54) is 6.42 Å². The first kappa shape index (κ1) is 13.0. The molecule has 0 radical (unpaired) electrons. The van der Waals surface area contributed by atoms with Crippen molar-refractivity contribution in [3.05, 3.63) is 29.3 Å². The number of nitrogens with zero attached hydrogens (tertiary/aromatic N) is 1. The standard InChI is InChI=1S/C14H17F2NO/c1-17(11-5-3-2-4-6-11)14-12(15)7-10(9-18)8-13(14)16/h7-9,11H,2-6H2,1H3. The molecule has 0 aromatic heterocycles. The Kier molecular flexibility index (Phi) is 3.94. The van der Waals surface area contributed by atoms with Crippen molar-refractivity contribution in [2.45, 2.75) is 38.1 Å². The lowest BCUT2D eigenvalue weighted by molar-refractivity contribution is 0.112. The van der Waals surface area contributed by atoms with E-state index in [9.17, 15) is 13.6 Å². The number of aldehydes is 1. The molecule has 0 spiro atoms. The van der Waals surface area contributed by atoms with Gasteiger partial charge in [0.15, 0.2) is 0 Å². The number of hydrogen-bond donors (Lipinski definition) is 0. The topological polar surface area (TPSA) is 20.3 Å². The number of carbonyl (C=O) groups excluding carboxylic acids is 1. The Bertz CT molecular complexity index is 418. The molecule has 0 N–H and O–H groups in total. The van der Waals surface area contributed by atoms with Gasteiger partial charge in [0.05, 0.1) is 0 Å². The second-order valence-corrected chi connectivity index (χ2v) is 4.85. The average Bonchev–Trinajstić information content (AvgIpc) is 2.38. The zero-order valence-corrected chi connectivity index (χ0v) is 10.5. The number of halogens is 2. The first-order valence-electron chi connectivity index (χ1n) is 6.30. The van der Waals surface area contributed by atoms with E-state index in [0.29, 0.717) is 6.29 Å². The predicted octanol–water partition coefficient (Wildman–Crippen LogP) is 3.55. The summed E-state index contributed by atoms with van der Waals surface area (Å²) in [6.45, 7) is 0. The Balaban J connectivity index is 2.28. The summed E-state index contributed by atoms with van der Waals surface area (Å²) in [5.41, 5.74) is 0.0123. The van der Waals surface area contributed by atoms with Crippen molar-refractivity contribution in [2.24, 2.45) is 0 Å². The summed E-state index contributed by atoms with van der Waals surface area (Å²) in [4.78, 5) is 12.2. The molecule has 1 aliphatic rings. The van der Waals surface area contributed by atoms with E-state index in [2.05, 4.69) is 0 Å². The molecular weight excluding hydrogens is 236 g/mol.